The highest BCUT2D eigenvalue weighted by atomic mass is 32.2. The Balaban J connectivity index is 2.19. The van der Waals surface area contributed by atoms with E-state index in [1.165, 1.54) is 25.2 Å². The number of nitrogens with zero attached hydrogens (tertiary/aromatic N) is 1. The lowest BCUT2D eigenvalue weighted by atomic mass is 10.1. The summed E-state index contributed by atoms with van der Waals surface area (Å²) in [6.45, 7) is 0. The van der Waals surface area contributed by atoms with Gasteiger partial charge < -0.3 is 5.11 Å². The highest BCUT2D eigenvalue weighted by Crippen LogP contribution is 2.29. The lowest BCUT2D eigenvalue weighted by molar-refractivity contribution is 0.0698. The average Bonchev–Trinajstić information content (AvgIpc) is 2.60. The van der Waals surface area contributed by atoms with Gasteiger partial charge >= 0.3 is 5.97 Å². The Bertz CT molecular complexity index is 1020. The fraction of sp³-hybridized carbons (Fsp3) is 0.0556. The first kappa shape index (κ1) is 16.0. The monoisotopic (exact) mass is 341 g/mol. The fourth-order valence-corrected chi connectivity index (χ4v) is 4.05. The molecule has 0 radical (unpaired) electrons. The van der Waals surface area contributed by atoms with E-state index >= 15 is 0 Å². The van der Waals surface area contributed by atoms with Crippen LogP contribution in [-0.2, 0) is 10.0 Å². The van der Waals surface area contributed by atoms with Crippen molar-refractivity contribution in [3.8, 4) is 0 Å². The van der Waals surface area contributed by atoms with Gasteiger partial charge in [0.05, 0.1) is 16.1 Å². The Morgan fingerprint density at radius 2 is 1.54 bits per heavy atom. The minimum atomic E-state index is -3.90. The third kappa shape index (κ3) is 2.61. The van der Waals surface area contributed by atoms with Gasteiger partial charge in [0.25, 0.3) is 10.0 Å². The molecular weight excluding hydrogens is 326 g/mol. The van der Waals surface area contributed by atoms with Crippen LogP contribution < -0.4 is 4.31 Å². The Kier molecular flexibility index (Phi) is 3.99. The molecule has 0 aliphatic rings. The van der Waals surface area contributed by atoms with E-state index in [1.54, 1.807) is 30.3 Å². The minimum absolute atomic E-state index is 0.0659. The quantitative estimate of drug-likeness (QED) is 0.789. The highest BCUT2D eigenvalue weighted by molar-refractivity contribution is 7.93. The molecule has 1 N–H and O–H groups in total. The second-order valence-corrected chi connectivity index (χ2v) is 7.21. The fourth-order valence-electron chi connectivity index (χ4n) is 2.63. The predicted molar refractivity (Wildman–Crippen MR) is 92.9 cm³/mol. The van der Waals surface area contributed by atoms with Crippen LogP contribution >= 0.6 is 0 Å². The zero-order valence-electron chi connectivity index (χ0n) is 12.9. The second kappa shape index (κ2) is 5.98. The molecule has 0 amide bonds. The summed E-state index contributed by atoms with van der Waals surface area (Å²) in [6, 6.07) is 18.2. The summed E-state index contributed by atoms with van der Waals surface area (Å²) < 4.78 is 27.1. The lowest BCUT2D eigenvalue weighted by Gasteiger charge is -2.22. The number of rotatable bonds is 4. The second-order valence-electron chi connectivity index (χ2n) is 5.27. The van der Waals surface area contributed by atoms with Crippen molar-refractivity contribution in [3.63, 3.8) is 0 Å². The molecule has 0 aromatic heterocycles. The molecule has 0 unspecified atom stereocenters. The molecule has 3 rings (SSSR count). The molecular formula is C18H15NO4S. The van der Waals surface area contributed by atoms with E-state index in [4.69, 9.17) is 0 Å². The molecule has 3 aromatic carbocycles. The molecule has 0 aliphatic heterocycles. The molecule has 24 heavy (non-hydrogen) atoms. The molecule has 0 spiro atoms. The molecule has 0 heterocycles. The van der Waals surface area contributed by atoms with Crippen molar-refractivity contribution < 1.29 is 18.3 Å². The van der Waals surface area contributed by atoms with Gasteiger partial charge in [-0.15, -0.1) is 0 Å². The van der Waals surface area contributed by atoms with Gasteiger partial charge in [0.1, 0.15) is 0 Å². The van der Waals surface area contributed by atoms with Crippen LogP contribution in [0.2, 0.25) is 0 Å². The number of fused-ring (bicyclic) bond motifs is 1. The topological polar surface area (TPSA) is 74.7 Å². The first-order chi connectivity index (χ1) is 11.4. The van der Waals surface area contributed by atoms with Gasteiger partial charge in [0, 0.05) is 12.4 Å². The highest BCUT2D eigenvalue weighted by Gasteiger charge is 2.26. The number of aromatic carboxylic acids is 1. The van der Waals surface area contributed by atoms with Crippen LogP contribution in [0, 0.1) is 0 Å². The van der Waals surface area contributed by atoms with Crippen molar-refractivity contribution in [1.82, 2.24) is 0 Å². The average molecular weight is 341 g/mol. The number of sulfonamides is 1. The maximum Gasteiger partial charge on any atom is 0.337 e. The van der Waals surface area contributed by atoms with Gasteiger partial charge in [-0.2, -0.15) is 0 Å². The molecule has 0 atom stereocenters. The summed E-state index contributed by atoms with van der Waals surface area (Å²) >= 11 is 0. The Hall–Kier alpha value is -2.86. The smallest absolute Gasteiger partial charge is 0.337 e. The minimum Gasteiger partial charge on any atom is -0.478 e. The molecule has 0 saturated heterocycles. The Labute approximate surface area is 139 Å². The number of para-hydroxylation sites is 1. The third-order valence-electron chi connectivity index (χ3n) is 3.86. The molecule has 0 fully saturated rings. The number of carbonyl (C=O) groups is 1. The van der Waals surface area contributed by atoms with Crippen molar-refractivity contribution in [1.29, 1.82) is 0 Å². The summed E-state index contributed by atoms with van der Waals surface area (Å²) in [6.07, 6.45) is 0. The van der Waals surface area contributed by atoms with E-state index in [-0.39, 0.29) is 16.1 Å². The Morgan fingerprint density at radius 3 is 2.29 bits per heavy atom. The van der Waals surface area contributed by atoms with E-state index in [9.17, 15) is 18.3 Å². The SMILES string of the molecule is CN(c1ccccc1C(=O)O)S(=O)(=O)c1cccc2ccccc12. The van der Waals surface area contributed by atoms with Crippen LogP contribution in [0.5, 0.6) is 0 Å². The summed E-state index contributed by atoms with van der Waals surface area (Å²) in [5.41, 5.74) is 0.0572. The lowest BCUT2D eigenvalue weighted by Crippen LogP contribution is -2.28. The first-order valence-corrected chi connectivity index (χ1v) is 8.66. The van der Waals surface area contributed by atoms with Gasteiger partial charge in [-0.25, -0.2) is 13.2 Å². The van der Waals surface area contributed by atoms with E-state index in [0.29, 0.717) is 5.39 Å². The standard InChI is InChI=1S/C18H15NO4S/c1-19(16-11-5-4-10-15(16)18(20)21)24(22,23)17-12-6-8-13-7-2-3-9-14(13)17/h2-12H,1H3,(H,20,21). The van der Waals surface area contributed by atoms with Crippen LogP contribution in [0.1, 0.15) is 10.4 Å². The Morgan fingerprint density at radius 1 is 0.917 bits per heavy atom. The zero-order valence-corrected chi connectivity index (χ0v) is 13.7. The maximum absolute atomic E-state index is 13.1. The van der Waals surface area contributed by atoms with Crippen molar-refractivity contribution in [2.24, 2.45) is 0 Å². The number of anilines is 1. The van der Waals surface area contributed by atoms with Gasteiger partial charge in [-0.3, -0.25) is 4.31 Å². The summed E-state index contributed by atoms with van der Waals surface area (Å²) in [4.78, 5) is 11.5. The summed E-state index contributed by atoms with van der Waals surface area (Å²) in [5, 5.41) is 10.7. The predicted octanol–water partition coefficient (Wildman–Crippen LogP) is 3.36. The molecule has 0 bridgehead atoms. The molecule has 6 heteroatoms. The molecule has 5 nitrogen and oxygen atoms in total. The van der Waals surface area contributed by atoms with Gasteiger partial charge in [0.15, 0.2) is 0 Å². The molecule has 0 saturated carbocycles. The zero-order chi connectivity index (χ0) is 17.3. The van der Waals surface area contributed by atoms with Crippen LogP contribution in [0.4, 0.5) is 5.69 Å². The summed E-state index contributed by atoms with van der Waals surface area (Å²) in [7, 11) is -2.54. The van der Waals surface area contributed by atoms with Crippen LogP contribution in [-0.4, -0.2) is 26.5 Å². The number of carboxylic acids is 1. The van der Waals surface area contributed by atoms with E-state index < -0.39 is 16.0 Å². The molecule has 122 valence electrons. The molecule has 3 aromatic rings. The number of hydrogen-bond donors (Lipinski definition) is 1. The van der Waals surface area contributed by atoms with Crippen molar-refractivity contribution in [3.05, 3.63) is 72.3 Å². The number of benzene rings is 3. The van der Waals surface area contributed by atoms with Gasteiger partial charge in [-0.1, -0.05) is 48.5 Å². The van der Waals surface area contributed by atoms with Crippen molar-refractivity contribution in [2.45, 2.75) is 4.90 Å². The van der Waals surface area contributed by atoms with Gasteiger partial charge in [-0.05, 0) is 23.6 Å². The van der Waals surface area contributed by atoms with Gasteiger partial charge in [0.2, 0.25) is 0 Å². The summed E-state index contributed by atoms with van der Waals surface area (Å²) in [5.74, 6) is -1.18. The molecule has 0 aliphatic carbocycles. The largest absolute Gasteiger partial charge is 0.478 e. The van der Waals surface area contributed by atoms with E-state index in [0.717, 1.165) is 9.69 Å². The van der Waals surface area contributed by atoms with Crippen LogP contribution in [0.15, 0.2) is 71.6 Å². The maximum atomic E-state index is 13.1. The van der Waals surface area contributed by atoms with Crippen LogP contribution in [0.3, 0.4) is 0 Å². The van der Waals surface area contributed by atoms with Crippen LogP contribution in [0.25, 0.3) is 10.8 Å². The van der Waals surface area contributed by atoms with Crippen molar-refractivity contribution in [2.75, 3.05) is 11.4 Å². The number of carboxylic acid groups (broad SMARTS) is 1. The van der Waals surface area contributed by atoms with E-state index in [1.807, 2.05) is 18.2 Å². The third-order valence-corrected chi connectivity index (χ3v) is 5.69. The number of hydrogen-bond acceptors (Lipinski definition) is 3. The van der Waals surface area contributed by atoms with Crippen molar-refractivity contribution >= 4 is 32.5 Å². The first-order valence-electron chi connectivity index (χ1n) is 7.22. The normalized spacial score (nSPS) is 11.4. The van der Waals surface area contributed by atoms with E-state index in [2.05, 4.69) is 0 Å².